The summed E-state index contributed by atoms with van der Waals surface area (Å²) in [6.45, 7) is 1.46. The SMILES string of the molecule is CC(CC(=O)c1ccc(F)cc1Br)C(=O)O. The highest BCUT2D eigenvalue weighted by Gasteiger charge is 2.18. The number of ketones is 1. The average molecular weight is 289 g/mol. The first-order valence-corrected chi connectivity index (χ1v) is 5.42. The van der Waals surface area contributed by atoms with E-state index in [9.17, 15) is 14.0 Å². The van der Waals surface area contributed by atoms with Crippen LogP contribution in [0.2, 0.25) is 0 Å². The lowest BCUT2D eigenvalue weighted by atomic mass is 10.00. The third-order valence-electron chi connectivity index (χ3n) is 2.14. The van der Waals surface area contributed by atoms with Gasteiger partial charge in [0.2, 0.25) is 0 Å². The van der Waals surface area contributed by atoms with E-state index >= 15 is 0 Å². The Hall–Kier alpha value is -1.23. The maximum absolute atomic E-state index is 12.8. The van der Waals surface area contributed by atoms with Gasteiger partial charge in [0.15, 0.2) is 5.78 Å². The Labute approximate surface area is 100 Å². The van der Waals surface area contributed by atoms with Crippen LogP contribution in [0.25, 0.3) is 0 Å². The summed E-state index contributed by atoms with van der Waals surface area (Å²) in [6.07, 6.45) is -0.0977. The molecule has 5 heteroatoms. The lowest BCUT2D eigenvalue weighted by Crippen LogP contribution is -2.15. The molecule has 1 aromatic rings. The van der Waals surface area contributed by atoms with E-state index in [0.717, 1.165) is 0 Å². The molecule has 0 spiro atoms. The van der Waals surface area contributed by atoms with E-state index in [4.69, 9.17) is 5.11 Å². The minimum absolute atomic E-state index is 0.0977. The van der Waals surface area contributed by atoms with E-state index in [1.807, 2.05) is 0 Å². The summed E-state index contributed by atoms with van der Waals surface area (Å²) < 4.78 is 13.1. The smallest absolute Gasteiger partial charge is 0.306 e. The number of carboxylic acids is 1. The first-order chi connectivity index (χ1) is 7.41. The molecular weight excluding hydrogens is 279 g/mol. The van der Waals surface area contributed by atoms with Crippen molar-refractivity contribution >= 4 is 27.7 Å². The zero-order valence-electron chi connectivity index (χ0n) is 8.54. The van der Waals surface area contributed by atoms with Crippen LogP contribution >= 0.6 is 15.9 Å². The van der Waals surface area contributed by atoms with Gasteiger partial charge >= 0.3 is 5.97 Å². The molecule has 0 aliphatic heterocycles. The highest BCUT2D eigenvalue weighted by Crippen LogP contribution is 2.21. The molecule has 0 aromatic heterocycles. The first kappa shape index (κ1) is 12.8. The van der Waals surface area contributed by atoms with Crippen LogP contribution in [0.15, 0.2) is 22.7 Å². The highest BCUT2D eigenvalue weighted by atomic mass is 79.9. The van der Waals surface area contributed by atoms with Crippen molar-refractivity contribution < 1.29 is 19.1 Å². The number of rotatable bonds is 4. The molecule has 1 N–H and O–H groups in total. The third kappa shape index (κ3) is 3.13. The fourth-order valence-electron chi connectivity index (χ4n) is 1.19. The Morgan fingerprint density at radius 1 is 1.50 bits per heavy atom. The van der Waals surface area contributed by atoms with Crippen LogP contribution in [0.1, 0.15) is 23.7 Å². The van der Waals surface area contributed by atoms with Gasteiger partial charge in [-0.05, 0) is 34.1 Å². The first-order valence-electron chi connectivity index (χ1n) is 4.63. The normalized spacial score (nSPS) is 12.2. The van der Waals surface area contributed by atoms with Crippen LogP contribution in [0.4, 0.5) is 4.39 Å². The molecule has 86 valence electrons. The Morgan fingerprint density at radius 2 is 2.12 bits per heavy atom. The second kappa shape index (κ2) is 5.21. The number of hydrogen-bond donors (Lipinski definition) is 1. The van der Waals surface area contributed by atoms with Gasteiger partial charge in [0.25, 0.3) is 0 Å². The fourth-order valence-corrected chi connectivity index (χ4v) is 1.76. The lowest BCUT2D eigenvalue weighted by Gasteiger charge is -2.06. The zero-order valence-corrected chi connectivity index (χ0v) is 10.1. The van der Waals surface area contributed by atoms with E-state index < -0.39 is 17.7 Å². The molecule has 0 saturated carbocycles. The molecular formula is C11H10BrFO3. The van der Waals surface area contributed by atoms with Crippen molar-refractivity contribution in [3.63, 3.8) is 0 Å². The van der Waals surface area contributed by atoms with Crippen LogP contribution in [-0.2, 0) is 4.79 Å². The van der Waals surface area contributed by atoms with Gasteiger partial charge in [-0.1, -0.05) is 6.92 Å². The molecule has 3 nitrogen and oxygen atoms in total. The van der Waals surface area contributed by atoms with E-state index in [0.29, 0.717) is 10.0 Å². The second-order valence-corrected chi connectivity index (χ2v) is 4.35. The van der Waals surface area contributed by atoms with Gasteiger partial charge in [-0.2, -0.15) is 0 Å². The van der Waals surface area contributed by atoms with Crippen LogP contribution in [-0.4, -0.2) is 16.9 Å². The predicted molar refractivity (Wildman–Crippen MR) is 59.8 cm³/mol. The molecule has 1 rings (SSSR count). The summed E-state index contributed by atoms with van der Waals surface area (Å²) in [7, 11) is 0. The molecule has 0 heterocycles. The van der Waals surface area contributed by atoms with E-state index in [1.54, 1.807) is 0 Å². The Morgan fingerprint density at radius 3 is 2.62 bits per heavy atom. The predicted octanol–water partition coefficient (Wildman–Crippen LogP) is 2.88. The molecule has 0 radical (unpaired) electrons. The van der Waals surface area contributed by atoms with E-state index in [-0.39, 0.29) is 12.2 Å². The molecule has 1 aromatic carbocycles. The molecule has 0 bridgehead atoms. The molecule has 1 unspecified atom stereocenters. The number of carbonyl (C=O) groups excluding carboxylic acids is 1. The summed E-state index contributed by atoms with van der Waals surface area (Å²) in [6, 6.07) is 3.69. The molecule has 0 amide bonds. The summed E-state index contributed by atoms with van der Waals surface area (Å²) in [4.78, 5) is 22.3. The molecule has 0 fully saturated rings. The summed E-state index contributed by atoms with van der Waals surface area (Å²) in [5, 5.41) is 8.67. The molecule has 16 heavy (non-hydrogen) atoms. The minimum atomic E-state index is -1.02. The quantitative estimate of drug-likeness (QED) is 0.867. The van der Waals surface area contributed by atoms with Crippen LogP contribution in [0, 0.1) is 11.7 Å². The van der Waals surface area contributed by atoms with Gasteiger partial charge in [0.1, 0.15) is 5.82 Å². The van der Waals surface area contributed by atoms with Crippen molar-refractivity contribution in [2.24, 2.45) is 5.92 Å². The number of benzene rings is 1. The number of halogens is 2. The van der Waals surface area contributed by atoms with Gasteiger partial charge in [-0.25, -0.2) is 4.39 Å². The number of aliphatic carboxylic acids is 1. The number of carboxylic acid groups (broad SMARTS) is 1. The van der Waals surface area contributed by atoms with Crippen LogP contribution in [0.5, 0.6) is 0 Å². The Balaban J connectivity index is 2.85. The average Bonchev–Trinajstić information content (AvgIpc) is 2.16. The van der Waals surface area contributed by atoms with Crippen molar-refractivity contribution in [3.05, 3.63) is 34.1 Å². The standard InChI is InChI=1S/C11H10BrFO3/c1-6(11(15)16)4-10(14)8-3-2-7(13)5-9(8)12/h2-3,5-6H,4H2,1H3,(H,15,16). The third-order valence-corrected chi connectivity index (χ3v) is 2.80. The number of Topliss-reactive ketones (excluding diaryl/α,β-unsaturated/α-hetero) is 1. The van der Waals surface area contributed by atoms with Gasteiger partial charge in [0.05, 0.1) is 5.92 Å². The van der Waals surface area contributed by atoms with Gasteiger partial charge in [-0.15, -0.1) is 0 Å². The largest absolute Gasteiger partial charge is 0.481 e. The van der Waals surface area contributed by atoms with Gasteiger partial charge in [-0.3, -0.25) is 9.59 Å². The van der Waals surface area contributed by atoms with Crippen molar-refractivity contribution in [1.82, 2.24) is 0 Å². The second-order valence-electron chi connectivity index (χ2n) is 3.49. The molecule has 1 atom stereocenters. The minimum Gasteiger partial charge on any atom is -0.481 e. The Kier molecular flexibility index (Phi) is 4.18. The maximum Gasteiger partial charge on any atom is 0.306 e. The van der Waals surface area contributed by atoms with Crippen molar-refractivity contribution in [2.45, 2.75) is 13.3 Å². The van der Waals surface area contributed by atoms with Crippen molar-refractivity contribution in [1.29, 1.82) is 0 Å². The van der Waals surface area contributed by atoms with Crippen molar-refractivity contribution in [2.75, 3.05) is 0 Å². The lowest BCUT2D eigenvalue weighted by molar-refractivity contribution is -0.141. The molecule has 0 saturated heterocycles. The summed E-state index contributed by atoms with van der Waals surface area (Å²) >= 11 is 3.07. The summed E-state index contributed by atoms with van der Waals surface area (Å²) in [5.74, 6) is -2.53. The van der Waals surface area contributed by atoms with E-state index in [2.05, 4.69) is 15.9 Å². The molecule has 0 aliphatic carbocycles. The Bertz CT molecular complexity index is 431. The van der Waals surface area contributed by atoms with Gasteiger partial charge < -0.3 is 5.11 Å². The number of carbonyl (C=O) groups is 2. The van der Waals surface area contributed by atoms with Crippen molar-refractivity contribution in [3.8, 4) is 0 Å². The van der Waals surface area contributed by atoms with Crippen LogP contribution in [0.3, 0.4) is 0 Å². The monoisotopic (exact) mass is 288 g/mol. The highest BCUT2D eigenvalue weighted by molar-refractivity contribution is 9.10. The van der Waals surface area contributed by atoms with Crippen LogP contribution < -0.4 is 0 Å². The maximum atomic E-state index is 12.8. The number of hydrogen-bond acceptors (Lipinski definition) is 2. The zero-order chi connectivity index (χ0) is 12.3. The fraction of sp³-hybridized carbons (Fsp3) is 0.273. The van der Waals surface area contributed by atoms with E-state index in [1.165, 1.54) is 25.1 Å². The topological polar surface area (TPSA) is 54.4 Å². The molecule has 0 aliphatic rings. The van der Waals surface area contributed by atoms with Gasteiger partial charge in [0, 0.05) is 16.5 Å². The summed E-state index contributed by atoms with van der Waals surface area (Å²) in [5.41, 5.74) is 0.300.